The molecule has 3 heterocycles. The molecule has 3 fully saturated rings. The molecule has 6 unspecified atom stereocenters. The third-order valence-electron chi connectivity index (χ3n) is 8.99. The fourth-order valence-electron chi connectivity index (χ4n) is 6.53. The largest absolute Gasteiger partial charge is 0.396 e. The summed E-state index contributed by atoms with van der Waals surface area (Å²) in [5.41, 5.74) is 3.51. The number of hydroxylamine groups is 1. The van der Waals surface area contributed by atoms with Crippen LogP contribution in [-0.4, -0.2) is 134 Å². The van der Waals surface area contributed by atoms with E-state index in [1.807, 2.05) is 20.8 Å². The number of aliphatic hydroxyl groups is 8. The van der Waals surface area contributed by atoms with Gasteiger partial charge in [-0.15, -0.1) is 0 Å². The molecule has 0 amide bonds. The molecule has 0 spiro atoms. The summed E-state index contributed by atoms with van der Waals surface area (Å²) < 4.78 is 24.2. The number of nitrogens with one attached hydrogen (secondary N) is 2. The molecule has 15 atom stereocenters. The van der Waals surface area contributed by atoms with Gasteiger partial charge in [0.15, 0.2) is 24.9 Å². The van der Waals surface area contributed by atoms with Crippen LogP contribution in [0.4, 0.5) is 0 Å². The van der Waals surface area contributed by atoms with Crippen LogP contribution in [0.1, 0.15) is 45.2 Å². The predicted octanol–water partition coefficient (Wildman–Crippen LogP) is -2.86. The van der Waals surface area contributed by atoms with Crippen LogP contribution >= 0.6 is 0 Å². The number of pyridine rings is 1. The SMILES string of the molecule is [CH2]c1c[nH+]cc(CON[C@@H]2OC(CO)[C@@H](O[C@@H]3CC(CO)[C@H](O)[C@@H](O)C3C(C)(C)C)[C@@H](O[C@H]3OC(C)[C@H](O)[C@@H](O)C3O)C2O)c1. The van der Waals surface area contributed by atoms with E-state index in [2.05, 4.69) is 17.4 Å². The summed E-state index contributed by atoms with van der Waals surface area (Å²) in [4.78, 5) is 8.52. The molecule has 1 radical (unpaired) electrons. The Hall–Kier alpha value is -1.41. The minimum Gasteiger partial charge on any atom is -0.396 e. The number of aromatic nitrogens is 1. The Kier molecular flexibility index (Phi) is 12.3. The highest BCUT2D eigenvalue weighted by atomic mass is 16.7. The second-order valence-electron chi connectivity index (χ2n) is 13.4. The summed E-state index contributed by atoms with van der Waals surface area (Å²) in [5.74, 6) is -1.37. The summed E-state index contributed by atoms with van der Waals surface area (Å²) in [5, 5.41) is 85.0. The number of hydrogen-bond acceptors (Lipinski definition) is 14. The standard InChI is InChI=1S/C30H49N2O13/c1-13-6-15(9-31-8-13)12-41-32-28-25(40)27(45-29-24(39)23(38)20(35)14(2)42-29)26(18(11-34)44-28)43-17-7-16(10-33)21(36)22(37)19(17)30(3,4)5/h6,8-9,14,16-29,32-40H,1,7,10-12H2,2-5H3/p+1/t14?,16?,17-,18?,19?,20+,21+,22+,23-,24?,25?,26-,27+,28-,29-/m1/s1. The van der Waals surface area contributed by atoms with Crippen molar-refractivity contribution in [3.05, 3.63) is 36.5 Å². The molecule has 45 heavy (non-hydrogen) atoms. The highest BCUT2D eigenvalue weighted by Gasteiger charge is 2.55. The second kappa shape index (κ2) is 15.2. The third kappa shape index (κ3) is 8.18. The Bertz CT molecular complexity index is 1080. The van der Waals surface area contributed by atoms with Gasteiger partial charge in [-0.3, -0.25) is 4.84 Å². The number of rotatable bonds is 10. The lowest BCUT2D eigenvalue weighted by Gasteiger charge is -2.52. The molecule has 3 aliphatic rings. The molecule has 2 aliphatic heterocycles. The highest BCUT2D eigenvalue weighted by molar-refractivity contribution is 5.16. The molecule has 257 valence electrons. The topological polar surface area (TPSA) is 234 Å². The molecule has 10 N–H and O–H groups in total. The van der Waals surface area contributed by atoms with Crippen LogP contribution in [0.2, 0.25) is 0 Å². The molecule has 1 aromatic heterocycles. The van der Waals surface area contributed by atoms with Gasteiger partial charge in [0.2, 0.25) is 0 Å². The normalized spacial score (nSPS) is 42.9. The van der Waals surface area contributed by atoms with E-state index in [-0.39, 0.29) is 13.0 Å². The first kappa shape index (κ1) is 36.4. The van der Waals surface area contributed by atoms with E-state index in [4.69, 9.17) is 23.8 Å². The van der Waals surface area contributed by atoms with Crippen molar-refractivity contribution in [3.63, 3.8) is 0 Å². The van der Waals surface area contributed by atoms with Gasteiger partial charge < -0.3 is 59.8 Å². The summed E-state index contributed by atoms with van der Waals surface area (Å²) in [6.07, 6.45) is -13.6. The first-order valence-electron chi connectivity index (χ1n) is 15.3. The predicted molar refractivity (Wildman–Crippen MR) is 153 cm³/mol. The first-order chi connectivity index (χ1) is 21.2. The van der Waals surface area contributed by atoms with Gasteiger partial charge in [-0.1, -0.05) is 20.8 Å². The first-order valence-corrected chi connectivity index (χ1v) is 15.3. The van der Waals surface area contributed by atoms with Gasteiger partial charge in [0.05, 0.1) is 37.6 Å². The molecule has 15 nitrogen and oxygen atoms in total. The number of H-pyrrole nitrogens is 1. The van der Waals surface area contributed by atoms with Crippen LogP contribution < -0.4 is 10.5 Å². The van der Waals surface area contributed by atoms with Crippen molar-refractivity contribution in [2.45, 2.75) is 120 Å². The Morgan fingerprint density at radius 1 is 0.889 bits per heavy atom. The van der Waals surface area contributed by atoms with E-state index in [1.54, 1.807) is 18.5 Å². The molecular formula is C30H50N2O13+. The number of aliphatic hydroxyl groups excluding tert-OH is 8. The lowest BCUT2D eigenvalue weighted by molar-refractivity contribution is -0.379. The Morgan fingerprint density at radius 2 is 1.60 bits per heavy atom. The van der Waals surface area contributed by atoms with Crippen LogP contribution in [-0.2, 0) is 30.4 Å². The van der Waals surface area contributed by atoms with Gasteiger partial charge >= 0.3 is 0 Å². The lowest BCUT2D eigenvalue weighted by atomic mass is 9.65. The molecule has 1 aromatic rings. The van der Waals surface area contributed by atoms with Gasteiger partial charge in [-0.25, -0.2) is 4.98 Å². The molecule has 4 rings (SSSR count). The van der Waals surface area contributed by atoms with E-state index < -0.39 is 110 Å². The third-order valence-corrected chi connectivity index (χ3v) is 8.99. The maximum Gasteiger partial charge on any atom is 0.187 e. The van der Waals surface area contributed by atoms with Crippen molar-refractivity contribution in [1.82, 2.24) is 5.48 Å². The van der Waals surface area contributed by atoms with E-state index in [9.17, 15) is 40.9 Å². The number of aromatic amines is 1. The zero-order chi connectivity index (χ0) is 33.2. The minimum absolute atomic E-state index is 0.0474. The Balaban J connectivity index is 1.62. The summed E-state index contributed by atoms with van der Waals surface area (Å²) >= 11 is 0. The summed E-state index contributed by atoms with van der Waals surface area (Å²) in [6.45, 7) is 9.96. The van der Waals surface area contributed by atoms with Gasteiger partial charge in [-0.05, 0) is 31.7 Å². The lowest BCUT2D eigenvalue weighted by Crippen LogP contribution is -2.67. The van der Waals surface area contributed by atoms with Crippen molar-refractivity contribution in [2.75, 3.05) is 13.2 Å². The number of ether oxygens (including phenoxy) is 4. The smallest absolute Gasteiger partial charge is 0.187 e. The van der Waals surface area contributed by atoms with Crippen LogP contribution in [0, 0.1) is 24.2 Å². The minimum atomic E-state index is -1.71. The fraction of sp³-hybridized carbons (Fsp3) is 0.800. The Morgan fingerprint density at radius 3 is 2.22 bits per heavy atom. The van der Waals surface area contributed by atoms with E-state index in [0.29, 0.717) is 0 Å². The average molecular weight is 647 g/mol. The quantitative estimate of drug-likeness (QED) is 0.116. The molecule has 15 heteroatoms. The average Bonchev–Trinajstić information content (AvgIpc) is 2.98. The monoisotopic (exact) mass is 646 g/mol. The maximum atomic E-state index is 11.6. The fourth-order valence-corrected chi connectivity index (χ4v) is 6.53. The van der Waals surface area contributed by atoms with E-state index in [1.165, 1.54) is 6.92 Å². The summed E-state index contributed by atoms with van der Waals surface area (Å²) in [7, 11) is 0. The van der Waals surface area contributed by atoms with Crippen LogP contribution in [0.25, 0.3) is 0 Å². The van der Waals surface area contributed by atoms with E-state index in [0.717, 1.165) is 11.1 Å². The molecular weight excluding hydrogens is 596 g/mol. The number of hydrogen-bond donors (Lipinski definition) is 9. The summed E-state index contributed by atoms with van der Waals surface area (Å²) in [6, 6.07) is 1.78. The Labute approximate surface area is 262 Å². The molecule has 2 saturated heterocycles. The zero-order valence-corrected chi connectivity index (χ0v) is 26.0. The van der Waals surface area contributed by atoms with Crippen molar-refractivity contribution < 1.29 is 69.6 Å². The van der Waals surface area contributed by atoms with Gasteiger partial charge in [0.1, 0.15) is 42.7 Å². The van der Waals surface area contributed by atoms with Crippen molar-refractivity contribution in [2.24, 2.45) is 17.3 Å². The zero-order valence-electron chi connectivity index (χ0n) is 26.0. The molecule has 0 aromatic carbocycles. The van der Waals surface area contributed by atoms with Gasteiger partial charge in [-0.2, -0.15) is 5.48 Å². The maximum absolute atomic E-state index is 11.6. The molecule has 0 bridgehead atoms. The van der Waals surface area contributed by atoms with Crippen molar-refractivity contribution in [3.8, 4) is 0 Å². The van der Waals surface area contributed by atoms with Gasteiger partial charge in [0, 0.05) is 29.6 Å². The van der Waals surface area contributed by atoms with Crippen LogP contribution in [0.5, 0.6) is 0 Å². The van der Waals surface area contributed by atoms with Crippen LogP contribution in [0.15, 0.2) is 18.5 Å². The molecule has 1 saturated carbocycles. The second-order valence-corrected chi connectivity index (χ2v) is 13.4. The van der Waals surface area contributed by atoms with Crippen molar-refractivity contribution in [1.29, 1.82) is 0 Å². The molecule has 1 aliphatic carbocycles. The highest BCUT2D eigenvalue weighted by Crippen LogP contribution is 2.43. The van der Waals surface area contributed by atoms with E-state index >= 15 is 0 Å². The van der Waals surface area contributed by atoms with Crippen LogP contribution in [0.3, 0.4) is 0 Å². The van der Waals surface area contributed by atoms with Gasteiger partial charge in [0.25, 0.3) is 0 Å². The van der Waals surface area contributed by atoms with Crippen molar-refractivity contribution >= 4 is 0 Å².